The van der Waals surface area contributed by atoms with Gasteiger partial charge in [-0.05, 0) is 0 Å². The number of rotatable bonds is 15. The molecule has 0 radical (unpaired) electrons. The van der Waals surface area contributed by atoms with Crippen LogP contribution in [0, 0.1) is 0 Å². The van der Waals surface area contributed by atoms with E-state index < -0.39 is 27.2 Å². The van der Waals surface area contributed by atoms with Crippen LogP contribution in [0.3, 0.4) is 0 Å². The van der Waals surface area contributed by atoms with Gasteiger partial charge >= 0.3 is 179 Å². The number of benzene rings is 2. The summed E-state index contributed by atoms with van der Waals surface area (Å²) in [6, 6.07) is 17.0. The van der Waals surface area contributed by atoms with Crippen molar-refractivity contribution in [3.63, 3.8) is 0 Å². The molecule has 0 fully saturated rings. The third kappa shape index (κ3) is 9.60. The first-order valence-corrected chi connectivity index (χ1v) is 14.1. The van der Waals surface area contributed by atoms with E-state index in [1.807, 2.05) is 54.6 Å². The predicted molar refractivity (Wildman–Crippen MR) is 114 cm³/mol. The van der Waals surface area contributed by atoms with Crippen molar-refractivity contribution in [2.45, 2.75) is 82.9 Å². The summed E-state index contributed by atoms with van der Waals surface area (Å²) in [7, 11) is 0. The van der Waals surface area contributed by atoms with E-state index in [0.717, 1.165) is 25.3 Å². The molecular formula is C25H36Co2O2. The van der Waals surface area contributed by atoms with Crippen molar-refractivity contribution in [1.29, 1.82) is 0 Å². The summed E-state index contributed by atoms with van der Waals surface area (Å²) in [5, 5.41) is 0.758. The van der Waals surface area contributed by atoms with E-state index in [9.17, 15) is 7.73 Å². The van der Waals surface area contributed by atoms with E-state index >= 15 is 0 Å². The van der Waals surface area contributed by atoms with Gasteiger partial charge in [-0.25, -0.2) is 0 Å². The Morgan fingerprint density at radius 2 is 1.00 bits per heavy atom. The van der Waals surface area contributed by atoms with E-state index in [2.05, 4.69) is 6.92 Å². The summed E-state index contributed by atoms with van der Waals surface area (Å²) >= 11 is -2.87. The van der Waals surface area contributed by atoms with Crippen LogP contribution in [-0.2, 0) is 34.9 Å². The van der Waals surface area contributed by atoms with Gasteiger partial charge in [-0.3, -0.25) is 0 Å². The van der Waals surface area contributed by atoms with Gasteiger partial charge in [0.25, 0.3) is 0 Å². The topological polar surface area (TPSA) is 34.1 Å². The fourth-order valence-electron chi connectivity index (χ4n) is 3.21. The van der Waals surface area contributed by atoms with Crippen molar-refractivity contribution >= 4 is 13.5 Å². The fourth-order valence-corrected chi connectivity index (χ4v) is 6.02. The average Bonchev–Trinajstić information content (AvgIpc) is 2.77. The van der Waals surface area contributed by atoms with Crippen molar-refractivity contribution in [3.8, 4) is 0 Å². The van der Waals surface area contributed by atoms with Gasteiger partial charge in [0.05, 0.1) is 0 Å². The van der Waals surface area contributed by atoms with Gasteiger partial charge in [0.15, 0.2) is 0 Å². The van der Waals surface area contributed by atoms with Gasteiger partial charge in [-0.15, -0.1) is 0 Å². The van der Waals surface area contributed by atoms with Gasteiger partial charge in [0.1, 0.15) is 0 Å². The van der Waals surface area contributed by atoms with Crippen LogP contribution in [0.4, 0.5) is 0 Å². The molecule has 0 amide bonds. The first kappa shape index (κ1) is 24.3. The van der Waals surface area contributed by atoms with Crippen molar-refractivity contribution in [1.82, 2.24) is 0 Å². The Morgan fingerprint density at radius 1 is 0.552 bits per heavy atom. The van der Waals surface area contributed by atoms with Gasteiger partial charge in [-0.2, -0.15) is 0 Å². The molecule has 2 nitrogen and oxygen atoms in total. The average molecular weight is 486 g/mol. The fraction of sp³-hybridized carbons (Fsp3) is 0.520. The third-order valence-corrected chi connectivity index (χ3v) is 8.57. The second-order valence-corrected chi connectivity index (χ2v) is 11.2. The number of hydrogen-bond donors (Lipinski definition) is 0. The molecule has 0 unspecified atom stereocenters. The van der Waals surface area contributed by atoms with Gasteiger partial charge in [-0.1, -0.05) is 6.92 Å². The van der Waals surface area contributed by atoms with E-state index in [-0.39, 0.29) is 0 Å². The molecule has 2 aromatic rings. The van der Waals surface area contributed by atoms with Crippen LogP contribution in [0.1, 0.15) is 77.6 Å². The van der Waals surface area contributed by atoms with Crippen LogP contribution in [0.5, 0.6) is 0 Å². The van der Waals surface area contributed by atoms with E-state index in [1.165, 1.54) is 64.2 Å². The molecule has 29 heavy (non-hydrogen) atoms. The molecule has 0 aliphatic rings. The maximum atomic E-state index is 12.6. The molecule has 0 spiro atoms. The number of unbranched alkanes of at least 4 members (excludes halogenated alkanes) is 10. The van der Waals surface area contributed by atoms with Gasteiger partial charge < -0.3 is 0 Å². The molecule has 2 aromatic carbocycles. The van der Waals surface area contributed by atoms with Crippen LogP contribution in [-0.4, -0.2) is 0 Å². The normalized spacial score (nSPS) is 12.0. The summed E-state index contributed by atoms with van der Waals surface area (Å²) < 4.78 is 27.6. The zero-order valence-electron chi connectivity index (χ0n) is 17.7. The Hall–Kier alpha value is -0.947. The predicted octanol–water partition coefficient (Wildman–Crippen LogP) is 5.92. The van der Waals surface area contributed by atoms with Crippen molar-refractivity contribution in [2.24, 2.45) is 0 Å². The van der Waals surface area contributed by atoms with Crippen LogP contribution in [0.2, 0.25) is 5.36 Å². The van der Waals surface area contributed by atoms with Crippen molar-refractivity contribution in [2.75, 3.05) is 0 Å². The molecule has 0 heterocycles. The molecule has 0 aliphatic carbocycles. The first-order valence-electron chi connectivity index (χ1n) is 10.9. The van der Waals surface area contributed by atoms with Crippen molar-refractivity contribution < 1.29 is 34.9 Å². The van der Waals surface area contributed by atoms with Crippen molar-refractivity contribution in [3.05, 3.63) is 54.6 Å². The molecule has 2 rings (SSSR count). The summed E-state index contributed by atoms with van der Waals surface area (Å²) in [6.07, 6.45) is 14.4. The van der Waals surface area contributed by atoms with Crippen LogP contribution < -0.4 is 13.5 Å². The van der Waals surface area contributed by atoms with Gasteiger partial charge in [0.2, 0.25) is 0 Å². The maximum absolute atomic E-state index is 12.6. The zero-order chi connectivity index (χ0) is 20.7. The van der Waals surface area contributed by atoms with E-state index in [4.69, 9.17) is 0 Å². The number of hydrogen-bond acceptors (Lipinski definition) is 2. The Bertz CT molecular complexity index is 726. The molecule has 0 saturated heterocycles. The molecule has 0 atom stereocenters. The summed E-state index contributed by atoms with van der Waals surface area (Å²) in [5.74, 6) is 0. The van der Waals surface area contributed by atoms with Crippen LogP contribution in [0.15, 0.2) is 54.6 Å². The zero-order valence-corrected chi connectivity index (χ0v) is 19.7. The third-order valence-electron chi connectivity index (χ3n) is 4.93. The Balaban J connectivity index is 1.60. The molecular weight excluding hydrogens is 450 g/mol. The van der Waals surface area contributed by atoms with Crippen LogP contribution in [0.25, 0.3) is 0 Å². The Kier molecular flexibility index (Phi) is 12.5. The standard InChI is InChI=1S/C13H27.C6H5.C6H4.2Co.2O/c1-3-5-7-9-11-13-12-10-8-6-4-2;2*1-2-4-6-5-3-1;;;;/h1,3-13H2,2H3;1-5H;1-2,5-6H;;;;. The second-order valence-electron chi connectivity index (χ2n) is 7.36. The summed E-state index contributed by atoms with van der Waals surface area (Å²) in [5.41, 5.74) is 0. The Morgan fingerprint density at radius 3 is 1.55 bits per heavy atom. The Labute approximate surface area is 185 Å². The van der Waals surface area contributed by atoms with E-state index in [0.29, 0.717) is 0 Å². The van der Waals surface area contributed by atoms with Gasteiger partial charge in [0, 0.05) is 0 Å². The molecule has 0 aromatic heterocycles. The quantitative estimate of drug-likeness (QED) is 0.293. The molecule has 166 valence electrons. The minimum atomic E-state index is -1.55. The molecule has 0 bridgehead atoms. The summed E-state index contributed by atoms with van der Waals surface area (Å²) in [4.78, 5) is 0. The molecule has 0 saturated carbocycles. The molecule has 0 aliphatic heterocycles. The monoisotopic (exact) mass is 486 g/mol. The van der Waals surface area contributed by atoms with E-state index in [1.54, 1.807) is 0 Å². The SMILES string of the molecule is CCCCCCCCCCCC[CH2][Co](=[O])[c]1cc[c]([Co](=[O])[c]2ccccc2)cc1. The minimum absolute atomic E-state index is 0.758. The second kappa shape index (κ2) is 14.9. The molecule has 4 heteroatoms. The van der Waals surface area contributed by atoms with Crippen LogP contribution >= 0.6 is 0 Å². The first-order chi connectivity index (χ1) is 14.2. The summed E-state index contributed by atoms with van der Waals surface area (Å²) in [6.45, 7) is 2.26. The molecule has 0 N–H and O–H groups in total.